The number of aryl methyl sites for hydroxylation is 1. The minimum absolute atomic E-state index is 0.00575. The molecule has 0 aliphatic rings. The Kier molecular flexibility index (Phi) is 4.71. The predicted octanol–water partition coefficient (Wildman–Crippen LogP) is 4.11. The van der Waals surface area contributed by atoms with Crippen LogP contribution in [0.3, 0.4) is 0 Å². The zero-order valence-electron chi connectivity index (χ0n) is 13.5. The second kappa shape index (κ2) is 6.39. The molecule has 120 valence electrons. The number of hydrogen-bond acceptors (Lipinski definition) is 5. The average molecular weight is 330 g/mol. The highest BCUT2D eigenvalue weighted by atomic mass is 32.1. The van der Waals surface area contributed by atoms with Gasteiger partial charge in [0.25, 0.3) is 0 Å². The van der Waals surface area contributed by atoms with Crippen LogP contribution in [0.5, 0.6) is 5.75 Å². The Hall–Kier alpha value is -2.39. The van der Waals surface area contributed by atoms with Crippen LogP contribution < -0.4 is 4.74 Å². The van der Waals surface area contributed by atoms with Crippen LogP contribution >= 0.6 is 11.3 Å². The van der Waals surface area contributed by atoms with Crippen molar-refractivity contribution in [2.75, 3.05) is 6.61 Å². The van der Waals surface area contributed by atoms with Crippen molar-refractivity contribution in [2.45, 2.75) is 27.7 Å². The fraction of sp³-hybridized carbons (Fsp3) is 0.353. The van der Waals surface area contributed by atoms with Crippen LogP contribution in [0.2, 0.25) is 0 Å². The van der Waals surface area contributed by atoms with Gasteiger partial charge in [-0.05, 0) is 30.5 Å². The number of hydrogen-bond donors (Lipinski definition) is 1. The fourth-order valence-corrected chi connectivity index (χ4v) is 2.79. The number of benzene rings is 1. The van der Waals surface area contributed by atoms with Crippen molar-refractivity contribution >= 4 is 17.3 Å². The van der Waals surface area contributed by atoms with Crippen molar-refractivity contribution in [3.8, 4) is 22.4 Å². The molecule has 0 aliphatic carbocycles. The molecule has 5 nitrogen and oxygen atoms in total. The molecule has 6 heteroatoms. The third kappa shape index (κ3) is 4.08. The SMILES string of the molecule is Cc1nc(-c2ccc(OCC(C)(C)C)c(C#N)c2)sc1C(=O)O. The lowest BCUT2D eigenvalue weighted by molar-refractivity contribution is 0.0701. The summed E-state index contributed by atoms with van der Waals surface area (Å²) in [4.78, 5) is 15.6. The Morgan fingerprint density at radius 1 is 1.43 bits per heavy atom. The van der Waals surface area contributed by atoms with Crippen LogP contribution in [0, 0.1) is 23.7 Å². The third-order valence-corrected chi connectivity index (χ3v) is 4.19. The minimum atomic E-state index is -0.989. The van der Waals surface area contributed by atoms with E-state index in [1.54, 1.807) is 25.1 Å². The van der Waals surface area contributed by atoms with E-state index in [2.05, 4.69) is 31.8 Å². The molecular formula is C17H18N2O3S. The number of carbonyl (C=O) groups is 1. The number of rotatable bonds is 4. The summed E-state index contributed by atoms with van der Waals surface area (Å²) in [5.74, 6) is -0.463. The number of aromatic carboxylic acids is 1. The second-order valence-electron chi connectivity index (χ2n) is 6.41. The largest absolute Gasteiger partial charge is 0.492 e. The molecule has 1 aromatic carbocycles. The van der Waals surface area contributed by atoms with Gasteiger partial charge in [-0.1, -0.05) is 20.8 Å². The fourth-order valence-electron chi connectivity index (χ4n) is 1.89. The monoisotopic (exact) mass is 330 g/mol. The Morgan fingerprint density at radius 3 is 2.65 bits per heavy atom. The molecule has 2 aromatic rings. The first kappa shape index (κ1) is 17.0. The van der Waals surface area contributed by atoms with Gasteiger partial charge in [-0.2, -0.15) is 5.26 Å². The normalized spacial score (nSPS) is 11.1. The summed E-state index contributed by atoms with van der Waals surface area (Å²) in [7, 11) is 0. The Labute approximate surface area is 139 Å². The summed E-state index contributed by atoms with van der Waals surface area (Å²) < 4.78 is 5.72. The lowest BCUT2D eigenvalue weighted by Gasteiger charge is -2.19. The maximum Gasteiger partial charge on any atom is 0.347 e. The molecule has 0 unspecified atom stereocenters. The van der Waals surface area contributed by atoms with Crippen molar-refractivity contribution < 1.29 is 14.6 Å². The van der Waals surface area contributed by atoms with E-state index in [-0.39, 0.29) is 10.3 Å². The third-order valence-electron chi connectivity index (χ3n) is 3.00. The van der Waals surface area contributed by atoms with E-state index in [1.165, 1.54) is 0 Å². The summed E-state index contributed by atoms with van der Waals surface area (Å²) in [6.07, 6.45) is 0. The second-order valence-corrected chi connectivity index (χ2v) is 7.41. The van der Waals surface area contributed by atoms with Gasteiger partial charge in [0.2, 0.25) is 0 Å². The van der Waals surface area contributed by atoms with E-state index in [0.717, 1.165) is 11.3 Å². The number of nitriles is 1. The maximum absolute atomic E-state index is 11.1. The Balaban J connectivity index is 2.34. The molecule has 23 heavy (non-hydrogen) atoms. The topological polar surface area (TPSA) is 83.2 Å². The van der Waals surface area contributed by atoms with Gasteiger partial charge in [-0.25, -0.2) is 9.78 Å². The summed E-state index contributed by atoms with van der Waals surface area (Å²) >= 11 is 1.10. The van der Waals surface area contributed by atoms with Crippen LogP contribution in [0.1, 0.15) is 41.7 Å². The number of carboxylic acid groups (broad SMARTS) is 1. The highest BCUT2D eigenvalue weighted by Crippen LogP contribution is 2.31. The van der Waals surface area contributed by atoms with Gasteiger partial charge in [-0.3, -0.25) is 0 Å². The van der Waals surface area contributed by atoms with E-state index in [0.29, 0.717) is 34.2 Å². The van der Waals surface area contributed by atoms with Gasteiger partial charge < -0.3 is 9.84 Å². The van der Waals surface area contributed by atoms with E-state index in [4.69, 9.17) is 9.84 Å². The molecule has 0 aliphatic heterocycles. The summed E-state index contributed by atoms with van der Waals surface area (Å²) in [6.45, 7) is 8.33. The van der Waals surface area contributed by atoms with Gasteiger partial charge in [0, 0.05) is 5.56 Å². The van der Waals surface area contributed by atoms with Crippen LogP contribution in [0.4, 0.5) is 0 Å². The van der Waals surface area contributed by atoms with Gasteiger partial charge in [0.1, 0.15) is 21.7 Å². The maximum atomic E-state index is 11.1. The van der Waals surface area contributed by atoms with Crippen LogP contribution in [-0.2, 0) is 0 Å². The highest BCUT2D eigenvalue weighted by Gasteiger charge is 2.17. The van der Waals surface area contributed by atoms with Gasteiger partial charge in [0.05, 0.1) is 17.9 Å². The number of carboxylic acids is 1. The van der Waals surface area contributed by atoms with Crippen LogP contribution in [0.25, 0.3) is 10.6 Å². The lowest BCUT2D eigenvalue weighted by Crippen LogP contribution is -2.17. The zero-order valence-corrected chi connectivity index (χ0v) is 14.3. The van der Waals surface area contributed by atoms with E-state index in [1.807, 2.05) is 0 Å². The first-order valence-electron chi connectivity index (χ1n) is 7.09. The first-order chi connectivity index (χ1) is 10.7. The minimum Gasteiger partial charge on any atom is -0.492 e. The van der Waals surface area contributed by atoms with Crippen molar-refractivity contribution in [1.29, 1.82) is 5.26 Å². The van der Waals surface area contributed by atoms with Gasteiger partial charge in [-0.15, -0.1) is 11.3 Å². The first-order valence-corrected chi connectivity index (χ1v) is 7.91. The summed E-state index contributed by atoms with van der Waals surface area (Å²) in [5, 5.41) is 19.0. The molecule has 1 heterocycles. The standard InChI is InChI=1S/C17H18N2O3S/c1-10-14(16(20)21)23-15(19-10)11-5-6-13(12(7-11)8-18)22-9-17(2,3)4/h5-7H,9H2,1-4H3,(H,20,21). The Bertz CT molecular complexity index is 782. The highest BCUT2D eigenvalue weighted by molar-refractivity contribution is 7.17. The van der Waals surface area contributed by atoms with Crippen LogP contribution in [-0.4, -0.2) is 22.7 Å². The quantitative estimate of drug-likeness (QED) is 0.912. The number of thiazole rings is 1. The molecule has 0 fully saturated rings. The van der Waals surface area contributed by atoms with Crippen molar-refractivity contribution in [3.63, 3.8) is 0 Å². The number of ether oxygens (including phenoxy) is 1. The molecule has 0 saturated carbocycles. The summed E-state index contributed by atoms with van der Waals surface area (Å²) in [5.41, 5.74) is 1.60. The van der Waals surface area contributed by atoms with Crippen molar-refractivity contribution in [2.24, 2.45) is 5.41 Å². The lowest BCUT2D eigenvalue weighted by atomic mass is 9.98. The average Bonchev–Trinajstić information content (AvgIpc) is 2.86. The molecule has 1 aromatic heterocycles. The molecule has 0 radical (unpaired) electrons. The molecule has 1 N–H and O–H groups in total. The molecular weight excluding hydrogens is 312 g/mol. The number of aromatic nitrogens is 1. The number of nitrogens with zero attached hydrogens (tertiary/aromatic N) is 2. The smallest absolute Gasteiger partial charge is 0.347 e. The van der Waals surface area contributed by atoms with E-state index in [9.17, 15) is 10.1 Å². The van der Waals surface area contributed by atoms with E-state index >= 15 is 0 Å². The molecule has 0 amide bonds. The van der Waals surface area contributed by atoms with Gasteiger partial charge in [0.15, 0.2) is 0 Å². The predicted molar refractivity (Wildman–Crippen MR) is 88.9 cm³/mol. The van der Waals surface area contributed by atoms with Crippen molar-refractivity contribution in [1.82, 2.24) is 4.98 Å². The van der Waals surface area contributed by atoms with Crippen LogP contribution in [0.15, 0.2) is 18.2 Å². The molecule has 0 spiro atoms. The molecule has 0 saturated heterocycles. The zero-order chi connectivity index (χ0) is 17.2. The Morgan fingerprint density at radius 2 is 2.13 bits per heavy atom. The summed E-state index contributed by atoms with van der Waals surface area (Å²) in [6, 6.07) is 7.33. The van der Waals surface area contributed by atoms with E-state index < -0.39 is 5.97 Å². The molecule has 0 atom stereocenters. The molecule has 2 rings (SSSR count). The van der Waals surface area contributed by atoms with Crippen molar-refractivity contribution in [3.05, 3.63) is 34.3 Å². The molecule has 0 bridgehead atoms. The van der Waals surface area contributed by atoms with Gasteiger partial charge >= 0.3 is 5.97 Å².